The first-order valence-corrected chi connectivity index (χ1v) is 6.78. The second-order valence-electron chi connectivity index (χ2n) is 4.94. The second-order valence-corrected chi connectivity index (χ2v) is 4.94. The standard InChI is InChI=1S/C13H26N2O2/c1-3-12-11(6-8-17-12)9-15-13(16)10(2)5-4-7-14/h10-12H,3-9,14H2,1-2H3,(H,15,16). The molecule has 1 saturated heterocycles. The van der Waals surface area contributed by atoms with Crippen molar-refractivity contribution in [3.63, 3.8) is 0 Å². The van der Waals surface area contributed by atoms with E-state index in [1.54, 1.807) is 0 Å². The number of carbonyl (C=O) groups excluding carboxylic acids is 1. The van der Waals surface area contributed by atoms with Crippen LogP contribution < -0.4 is 11.1 Å². The highest BCUT2D eigenvalue weighted by atomic mass is 16.5. The predicted molar refractivity (Wildman–Crippen MR) is 68.6 cm³/mol. The van der Waals surface area contributed by atoms with E-state index in [0.717, 1.165) is 38.8 Å². The van der Waals surface area contributed by atoms with Crippen molar-refractivity contribution < 1.29 is 9.53 Å². The number of carbonyl (C=O) groups is 1. The average Bonchev–Trinajstić information content (AvgIpc) is 2.80. The number of hydrogen-bond donors (Lipinski definition) is 2. The summed E-state index contributed by atoms with van der Waals surface area (Å²) in [5.74, 6) is 0.715. The zero-order valence-corrected chi connectivity index (χ0v) is 11.1. The molecular weight excluding hydrogens is 216 g/mol. The van der Waals surface area contributed by atoms with Gasteiger partial charge in [-0.05, 0) is 32.2 Å². The van der Waals surface area contributed by atoms with E-state index in [9.17, 15) is 4.79 Å². The fourth-order valence-corrected chi connectivity index (χ4v) is 2.34. The summed E-state index contributed by atoms with van der Waals surface area (Å²) >= 11 is 0. The second kappa shape index (κ2) is 7.67. The van der Waals surface area contributed by atoms with Crippen molar-refractivity contribution in [1.82, 2.24) is 5.32 Å². The van der Waals surface area contributed by atoms with Gasteiger partial charge in [-0.1, -0.05) is 13.8 Å². The quantitative estimate of drug-likeness (QED) is 0.707. The Hall–Kier alpha value is -0.610. The SMILES string of the molecule is CCC1OCCC1CNC(=O)C(C)CCCN. The summed E-state index contributed by atoms with van der Waals surface area (Å²) in [4.78, 5) is 11.8. The van der Waals surface area contributed by atoms with Gasteiger partial charge in [0.2, 0.25) is 5.91 Å². The van der Waals surface area contributed by atoms with E-state index >= 15 is 0 Å². The number of nitrogens with one attached hydrogen (secondary N) is 1. The van der Waals surface area contributed by atoms with E-state index in [0.29, 0.717) is 18.6 Å². The Bertz CT molecular complexity index is 233. The normalized spacial score (nSPS) is 25.8. The molecule has 1 heterocycles. The third-order valence-corrected chi connectivity index (χ3v) is 3.58. The van der Waals surface area contributed by atoms with Crippen molar-refractivity contribution in [3.05, 3.63) is 0 Å². The molecule has 100 valence electrons. The molecule has 4 nitrogen and oxygen atoms in total. The van der Waals surface area contributed by atoms with Gasteiger partial charge in [0.1, 0.15) is 0 Å². The molecule has 0 aromatic heterocycles. The molecule has 3 unspecified atom stereocenters. The summed E-state index contributed by atoms with van der Waals surface area (Å²) in [7, 11) is 0. The summed E-state index contributed by atoms with van der Waals surface area (Å²) in [6.45, 7) is 6.35. The number of nitrogens with two attached hydrogens (primary N) is 1. The van der Waals surface area contributed by atoms with E-state index in [4.69, 9.17) is 10.5 Å². The van der Waals surface area contributed by atoms with Crippen LogP contribution in [0.3, 0.4) is 0 Å². The summed E-state index contributed by atoms with van der Waals surface area (Å²) in [6.07, 6.45) is 4.22. The van der Waals surface area contributed by atoms with Crippen molar-refractivity contribution >= 4 is 5.91 Å². The molecule has 1 aliphatic heterocycles. The van der Waals surface area contributed by atoms with Crippen molar-refractivity contribution in [2.24, 2.45) is 17.6 Å². The first-order valence-electron chi connectivity index (χ1n) is 6.78. The van der Waals surface area contributed by atoms with Crippen LogP contribution in [0, 0.1) is 11.8 Å². The van der Waals surface area contributed by atoms with Crippen LogP contribution in [-0.4, -0.2) is 31.7 Å². The van der Waals surface area contributed by atoms with Crippen LogP contribution in [0.4, 0.5) is 0 Å². The molecule has 1 fully saturated rings. The van der Waals surface area contributed by atoms with Crippen LogP contribution in [0.1, 0.15) is 39.5 Å². The van der Waals surface area contributed by atoms with Gasteiger partial charge < -0.3 is 15.8 Å². The Morgan fingerprint density at radius 2 is 2.35 bits per heavy atom. The lowest BCUT2D eigenvalue weighted by molar-refractivity contribution is -0.124. The zero-order valence-electron chi connectivity index (χ0n) is 11.1. The smallest absolute Gasteiger partial charge is 0.222 e. The van der Waals surface area contributed by atoms with Crippen LogP contribution in [0.15, 0.2) is 0 Å². The highest BCUT2D eigenvalue weighted by Crippen LogP contribution is 2.22. The maximum atomic E-state index is 11.8. The molecule has 1 aliphatic rings. The molecule has 3 N–H and O–H groups in total. The zero-order chi connectivity index (χ0) is 12.7. The molecule has 1 rings (SSSR count). The molecule has 0 aromatic carbocycles. The molecule has 3 atom stereocenters. The maximum absolute atomic E-state index is 11.8. The Morgan fingerprint density at radius 1 is 1.59 bits per heavy atom. The van der Waals surface area contributed by atoms with Gasteiger partial charge in [0.05, 0.1) is 6.10 Å². The van der Waals surface area contributed by atoms with Gasteiger partial charge in [0, 0.05) is 25.0 Å². The van der Waals surface area contributed by atoms with E-state index in [1.807, 2.05) is 6.92 Å². The maximum Gasteiger partial charge on any atom is 0.222 e. The van der Waals surface area contributed by atoms with Gasteiger partial charge >= 0.3 is 0 Å². The lowest BCUT2D eigenvalue weighted by Crippen LogP contribution is -2.35. The molecular formula is C13H26N2O2. The molecule has 17 heavy (non-hydrogen) atoms. The molecule has 0 radical (unpaired) electrons. The summed E-state index contributed by atoms with van der Waals surface area (Å²) in [5, 5.41) is 3.04. The van der Waals surface area contributed by atoms with Gasteiger partial charge in [0.15, 0.2) is 0 Å². The minimum absolute atomic E-state index is 0.0703. The highest BCUT2D eigenvalue weighted by Gasteiger charge is 2.27. The summed E-state index contributed by atoms with van der Waals surface area (Å²) in [6, 6.07) is 0. The van der Waals surface area contributed by atoms with Gasteiger partial charge in [-0.3, -0.25) is 4.79 Å². The van der Waals surface area contributed by atoms with Gasteiger partial charge in [0.25, 0.3) is 0 Å². The average molecular weight is 242 g/mol. The highest BCUT2D eigenvalue weighted by molar-refractivity contribution is 5.78. The largest absolute Gasteiger partial charge is 0.378 e. The van der Waals surface area contributed by atoms with Crippen molar-refractivity contribution in [3.8, 4) is 0 Å². The molecule has 4 heteroatoms. The van der Waals surface area contributed by atoms with Crippen molar-refractivity contribution in [2.45, 2.75) is 45.6 Å². The minimum atomic E-state index is 0.0703. The third kappa shape index (κ3) is 4.64. The summed E-state index contributed by atoms with van der Waals surface area (Å²) < 4.78 is 5.60. The lowest BCUT2D eigenvalue weighted by Gasteiger charge is -2.18. The van der Waals surface area contributed by atoms with Crippen LogP contribution in [-0.2, 0) is 9.53 Å². The minimum Gasteiger partial charge on any atom is -0.378 e. The van der Waals surface area contributed by atoms with E-state index < -0.39 is 0 Å². The van der Waals surface area contributed by atoms with Crippen LogP contribution in [0.25, 0.3) is 0 Å². The van der Waals surface area contributed by atoms with Gasteiger partial charge in [-0.25, -0.2) is 0 Å². The topological polar surface area (TPSA) is 64.3 Å². The van der Waals surface area contributed by atoms with E-state index in [2.05, 4.69) is 12.2 Å². The molecule has 0 saturated carbocycles. The van der Waals surface area contributed by atoms with Crippen LogP contribution in [0.5, 0.6) is 0 Å². The molecule has 0 aliphatic carbocycles. The van der Waals surface area contributed by atoms with E-state index in [1.165, 1.54) is 0 Å². The van der Waals surface area contributed by atoms with Crippen molar-refractivity contribution in [2.75, 3.05) is 19.7 Å². The third-order valence-electron chi connectivity index (χ3n) is 3.58. The molecule has 1 amide bonds. The van der Waals surface area contributed by atoms with Gasteiger partial charge in [-0.15, -0.1) is 0 Å². The van der Waals surface area contributed by atoms with Crippen molar-refractivity contribution in [1.29, 1.82) is 0 Å². The Balaban J connectivity index is 2.22. The molecule has 0 aromatic rings. The van der Waals surface area contributed by atoms with E-state index in [-0.39, 0.29) is 11.8 Å². The van der Waals surface area contributed by atoms with Crippen LogP contribution >= 0.6 is 0 Å². The number of hydrogen-bond acceptors (Lipinski definition) is 3. The monoisotopic (exact) mass is 242 g/mol. The number of amides is 1. The fraction of sp³-hybridized carbons (Fsp3) is 0.923. The Labute approximate surface area is 104 Å². The molecule has 0 spiro atoms. The lowest BCUT2D eigenvalue weighted by atomic mass is 9.99. The Kier molecular flexibility index (Phi) is 6.52. The predicted octanol–water partition coefficient (Wildman–Crippen LogP) is 1.29. The first-order chi connectivity index (χ1) is 8.19. The van der Waals surface area contributed by atoms with Crippen LogP contribution in [0.2, 0.25) is 0 Å². The Morgan fingerprint density at radius 3 is 3.00 bits per heavy atom. The first kappa shape index (κ1) is 14.5. The van der Waals surface area contributed by atoms with Gasteiger partial charge in [-0.2, -0.15) is 0 Å². The molecule has 0 bridgehead atoms. The summed E-state index contributed by atoms with van der Waals surface area (Å²) in [5.41, 5.74) is 5.44. The fourth-order valence-electron chi connectivity index (χ4n) is 2.34. The number of rotatable bonds is 7. The number of ether oxygens (including phenoxy) is 1.